The molecule has 3 nitrogen and oxygen atoms in total. The summed E-state index contributed by atoms with van der Waals surface area (Å²) in [5, 5.41) is 5.79. The van der Waals surface area contributed by atoms with Gasteiger partial charge in [-0.15, -0.1) is 0 Å². The number of hydrogen-bond donors (Lipinski definition) is 2. The maximum atomic E-state index is 13.7. The molecule has 0 saturated heterocycles. The molecule has 0 saturated carbocycles. The molecule has 2 unspecified atom stereocenters. The van der Waals surface area contributed by atoms with Crippen LogP contribution in [0.2, 0.25) is 0 Å². The smallest absolute Gasteiger partial charge is 0.221 e. The van der Waals surface area contributed by atoms with Crippen molar-refractivity contribution in [1.29, 1.82) is 0 Å². The van der Waals surface area contributed by atoms with Crippen LogP contribution >= 0.6 is 0 Å². The lowest BCUT2D eigenvalue weighted by Gasteiger charge is -2.21. The van der Waals surface area contributed by atoms with Crippen molar-refractivity contribution in [3.05, 3.63) is 24.0 Å². The van der Waals surface area contributed by atoms with Gasteiger partial charge >= 0.3 is 0 Å². The number of nitrogens with one attached hydrogen (secondary N) is 2. The lowest BCUT2D eigenvalue weighted by molar-refractivity contribution is -0.114. The van der Waals surface area contributed by atoms with E-state index in [9.17, 15) is 9.18 Å². The fourth-order valence-corrected chi connectivity index (χ4v) is 1.66. The van der Waals surface area contributed by atoms with E-state index in [4.69, 9.17) is 0 Å². The van der Waals surface area contributed by atoms with E-state index in [1.54, 1.807) is 12.1 Å². The van der Waals surface area contributed by atoms with E-state index < -0.39 is 0 Å². The van der Waals surface area contributed by atoms with E-state index in [0.717, 1.165) is 6.42 Å². The quantitative estimate of drug-likeness (QED) is 0.840. The van der Waals surface area contributed by atoms with Crippen LogP contribution < -0.4 is 10.6 Å². The largest absolute Gasteiger partial charge is 0.380 e. The monoisotopic (exact) mass is 252 g/mol. The van der Waals surface area contributed by atoms with Gasteiger partial charge in [-0.05, 0) is 31.0 Å². The van der Waals surface area contributed by atoms with Gasteiger partial charge < -0.3 is 10.6 Å². The Hall–Kier alpha value is -1.58. The second-order valence-corrected chi connectivity index (χ2v) is 4.69. The Kier molecular flexibility index (Phi) is 5.13. The van der Waals surface area contributed by atoms with Crippen LogP contribution in [0.5, 0.6) is 0 Å². The zero-order valence-corrected chi connectivity index (χ0v) is 11.4. The predicted molar refractivity (Wildman–Crippen MR) is 73.2 cm³/mol. The van der Waals surface area contributed by atoms with Crippen molar-refractivity contribution in [1.82, 2.24) is 0 Å². The summed E-state index contributed by atoms with van der Waals surface area (Å²) in [7, 11) is 0. The van der Waals surface area contributed by atoms with E-state index >= 15 is 0 Å². The number of carbonyl (C=O) groups is 1. The van der Waals surface area contributed by atoms with Gasteiger partial charge in [-0.3, -0.25) is 4.79 Å². The van der Waals surface area contributed by atoms with Gasteiger partial charge in [-0.1, -0.05) is 20.3 Å². The summed E-state index contributed by atoms with van der Waals surface area (Å²) in [6, 6.07) is 4.71. The van der Waals surface area contributed by atoms with Crippen molar-refractivity contribution in [2.24, 2.45) is 5.92 Å². The molecule has 0 aliphatic carbocycles. The Bertz CT molecular complexity index is 420. The van der Waals surface area contributed by atoms with Crippen molar-refractivity contribution in [2.45, 2.75) is 40.2 Å². The third-order valence-corrected chi connectivity index (χ3v) is 3.17. The van der Waals surface area contributed by atoms with Crippen LogP contribution in [0.1, 0.15) is 34.1 Å². The van der Waals surface area contributed by atoms with Crippen molar-refractivity contribution < 1.29 is 9.18 Å². The first kappa shape index (κ1) is 14.5. The molecule has 0 aliphatic heterocycles. The molecule has 2 atom stereocenters. The van der Waals surface area contributed by atoms with E-state index in [1.807, 2.05) is 6.92 Å². The maximum Gasteiger partial charge on any atom is 0.221 e. The standard InChI is InChI=1S/C14H21FN2O/c1-5-9(2)10(3)16-14-8-12(17-11(4)18)6-7-13(14)15/h6-10,16H,5H2,1-4H3,(H,17,18). The number of amides is 1. The Balaban J connectivity index is 2.83. The first-order valence-corrected chi connectivity index (χ1v) is 6.27. The van der Waals surface area contributed by atoms with Crippen LogP contribution in [0.15, 0.2) is 18.2 Å². The number of carbonyl (C=O) groups excluding carboxylic acids is 1. The molecule has 4 heteroatoms. The predicted octanol–water partition coefficient (Wildman–Crippen LogP) is 3.63. The highest BCUT2D eigenvalue weighted by Gasteiger charge is 2.12. The second-order valence-electron chi connectivity index (χ2n) is 4.69. The van der Waals surface area contributed by atoms with Crippen molar-refractivity contribution in [2.75, 3.05) is 10.6 Å². The van der Waals surface area contributed by atoms with E-state index in [-0.39, 0.29) is 17.8 Å². The fourth-order valence-electron chi connectivity index (χ4n) is 1.66. The molecule has 0 aromatic heterocycles. The van der Waals surface area contributed by atoms with E-state index in [0.29, 0.717) is 17.3 Å². The summed E-state index contributed by atoms with van der Waals surface area (Å²) in [5.74, 6) is -0.0180. The lowest BCUT2D eigenvalue weighted by atomic mass is 10.0. The van der Waals surface area contributed by atoms with Crippen molar-refractivity contribution in [3.8, 4) is 0 Å². The third kappa shape index (κ3) is 4.02. The summed E-state index contributed by atoms with van der Waals surface area (Å²) in [6.07, 6.45) is 1.03. The van der Waals surface area contributed by atoms with Crippen LogP contribution in [0.3, 0.4) is 0 Å². The van der Waals surface area contributed by atoms with Crippen LogP contribution in [0, 0.1) is 11.7 Å². The molecule has 0 radical (unpaired) electrons. The van der Waals surface area contributed by atoms with Gasteiger partial charge in [0, 0.05) is 18.7 Å². The molecule has 1 rings (SSSR count). The zero-order chi connectivity index (χ0) is 13.7. The molecule has 1 aromatic rings. The normalized spacial score (nSPS) is 13.8. The van der Waals surface area contributed by atoms with Crippen LogP contribution in [-0.4, -0.2) is 11.9 Å². The summed E-state index contributed by atoms with van der Waals surface area (Å²) in [4.78, 5) is 11.0. The molecule has 1 amide bonds. The highest BCUT2D eigenvalue weighted by molar-refractivity contribution is 5.89. The highest BCUT2D eigenvalue weighted by Crippen LogP contribution is 2.22. The topological polar surface area (TPSA) is 41.1 Å². The molecular weight excluding hydrogens is 231 g/mol. The fraction of sp³-hybridized carbons (Fsp3) is 0.500. The molecule has 1 aromatic carbocycles. The third-order valence-electron chi connectivity index (χ3n) is 3.17. The molecule has 0 aliphatic rings. The minimum Gasteiger partial charge on any atom is -0.380 e. The number of anilines is 2. The lowest BCUT2D eigenvalue weighted by Crippen LogP contribution is -2.23. The van der Waals surface area contributed by atoms with Gasteiger partial charge in [-0.25, -0.2) is 4.39 Å². The Morgan fingerprint density at radius 2 is 2.06 bits per heavy atom. The van der Waals surface area contributed by atoms with Gasteiger partial charge in [-0.2, -0.15) is 0 Å². The van der Waals surface area contributed by atoms with Gasteiger partial charge in [0.05, 0.1) is 5.69 Å². The van der Waals surface area contributed by atoms with Gasteiger partial charge in [0.15, 0.2) is 0 Å². The minimum atomic E-state index is -0.306. The highest BCUT2D eigenvalue weighted by atomic mass is 19.1. The molecule has 0 heterocycles. The number of rotatable bonds is 5. The Morgan fingerprint density at radius 3 is 2.61 bits per heavy atom. The zero-order valence-electron chi connectivity index (χ0n) is 11.4. The summed E-state index contributed by atoms with van der Waals surface area (Å²) < 4.78 is 13.7. The summed E-state index contributed by atoms with van der Waals surface area (Å²) in [5.41, 5.74) is 1.02. The van der Waals surface area contributed by atoms with Crippen LogP contribution in [0.25, 0.3) is 0 Å². The van der Waals surface area contributed by atoms with E-state index in [1.165, 1.54) is 13.0 Å². The molecule has 18 heavy (non-hydrogen) atoms. The molecule has 0 bridgehead atoms. The Labute approximate surface area is 108 Å². The molecule has 100 valence electrons. The summed E-state index contributed by atoms with van der Waals surface area (Å²) in [6.45, 7) is 7.68. The first-order valence-electron chi connectivity index (χ1n) is 6.27. The first-order chi connectivity index (χ1) is 8.43. The average Bonchev–Trinajstić information content (AvgIpc) is 2.31. The number of halogens is 1. The van der Waals surface area contributed by atoms with Gasteiger partial charge in [0.1, 0.15) is 5.82 Å². The SMILES string of the molecule is CCC(C)C(C)Nc1cc(NC(C)=O)ccc1F. The van der Waals surface area contributed by atoms with Crippen molar-refractivity contribution >= 4 is 17.3 Å². The Morgan fingerprint density at radius 1 is 1.39 bits per heavy atom. The summed E-state index contributed by atoms with van der Waals surface area (Å²) >= 11 is 0. The van der Waals surface area contributed by atoms with Crippen LogP contribution in [0.4, 0.5) is 15.8 Å². The second kappa shape index (κ2) is 6.38. The minimum absolute atomic E-state index is 0.164. The number of hydrogen-bond acceptors (Lipinski definition) is 2. The van der Waals surface area contributed by atoms with Gasteiger partial charge in [0.2, 0.25) is 5.91 Å². The number of benzene rings is 1. The molecule has 0 spiro atoms. The maximum absolute atomic E-state index is 13.7. The van der Waals surface area contributed by atoms with Crippen molar-refractivity contribution in [3.63, 3.8) is 0 Å². The molecule has 0 fully saturated rings. The van der Waals surface area contributed by atoms with Gasteiger partial charge in [0.25, 0.3) is 0 Å². The van der Waals surface area contributed by atoms with Crippen LogP contribution in [-0.2, 0) is 4.79 Å². The van der Waals surface area contributed by atoms with E-state index in [2.05, 4.69) is 24.5 Å². The molecule has 2 N–H and O–H groups in total. The average molecular weight is 252 g/mol. The molecular formula is C14H21FN2O.